The predicted molar refractivity (Wildman–Crippen MR) is 31.6 cm³/mol. The molecule has 2 N–H and O–H groups in total. The van der Waals surface area contributed by atoms with Crippen LogP contribution in [0.2, 0.25) is 0 Å². The van der Waals surface area contributed by atoms with Crippen LogP contribution in [0.25, 0.3) is 0 Å². The van der Waals surface area contributed by atoms with Crippen molar-refractivity contribution in [3.05, 3.63) is 0 Å². The van der Waals surface area contributed by atoms with Crippen LogP contribution >= 0.6 is 0 Å². The minimum atomic E-state index is -1.31. The van der Waals surface area contributed by atoms with Crippen LogP contribution in [0.3, 0.4) is 0 Å². The standard InChI is InChI=1S/C6H11F2N/c7-5-2-1-4(9)3-6(5)8/h4-6H,1-3,9H2/t4?,5-,6?/m1/s1. The van der Waals surface area contributed by atoms with E-state index in [4.69, 9.17) is 5.73 Å². The van der Waals surface area contributed by atoms with Crippen molar-refractivity contribution in [1.82, 2.24) is 0 Å². The van der Waals surface area contributed by atoms with E-state index in [1.54, 1.807) is 0 Å². The molecule has 1 nitrogen and oxygen atoms in total. The molecule has 3 heteroatoms. The predicted octanol–water partition coefficient (Wildman–Crippen LogP) is 1.17. The maximum atomic E-state index is 12.4. The Balaban J connectivity index is 2.35. The highest BCUT2D eigenvalue weighted by Gasteiger charge is 2.28. The van der Waals surface area contributed by atoms with Gasteiger partial charge in [0.05, 0.1) is 0 Å². The molecule has 1 aliphatic rings. The lowest BCUT2D eigenvalue weighted by molar-refractivity contribution is 0.109. The van der Waals surface area contributed by atoms with E-state index in [0.717, 1.165) is 0 Å². The van der Waals surface area contributed by atoms with Gasteiger partial charge in [-0.3, -0.25) is 0 Å². The lowest BCUT2D eigenvalue weighted by atomic mass is 9.93. The summed E-state index contributed by atoms with van der Waals surface area (Å²) in [4.78, 5) is 0. The largest absolute Gasteiger partial charge is 0.328 e. The second-order valence-electron chi connectivity index (χ2n) is 2.61. The van der Waals surface area contributed by atoms with Crippen molar-refractivity contribution in [2.24, 2.45) is 5.73 Å². The molecule has 0 saturated heterocycles. The number of hydrogen-bond acceptors (Lipinski definition) is 1. The number of nitrogens with two attached hydrogens (primary N) is 1. The summed E-state index contributed by atoms with van der Waals surface area (Å²) in [6, 6.07) is -0.119. The molecule has 0 aliphatic heterocycles. The second kappa shape index (κ2) is 2.60. The second-order valence-corrected chi connectivity index (χ2v) is 2.61. The van der Waals surface area contributed by atoms with E-state index in [-0.39, 0.29) is 12.5 Å². The Bertz CT molecular complexity index is 97.1. The van der Waals surface area contributed by atoms with Crippen LogP contribution in [-0.2, 0) is 0 Å². The summed E-state index contributed by atoms with van der Waals surface area (Å²) in [6.45, 7) is 0. The van der Waals surface area contributed by atoms with Crippen LogP contribution in [-0.4, -0.2) is 18.4 Å². The van der Waals surface area contributed by atoms with Gasteiger partial charge >= 0.3 is 0 Å². The van der Waals surface area contributed by atoms with Gasteiger partial charge < -0.3 is 5.73 Å². The van der Waals surface area contributed by atoms with Crippen molar-refractivity contribution < 1.29 is 8.78 Å². The first-order valence-corrected chi connectivity index (χ1v) is 3.24. The van der Waals surface area contributed by atoms with Gasteiger partial charge in [0.2, 0.25) is 0 Å². The molecule has 0 bridgehead atoms. The fourth-order valence-corrected chi connectivity index (χ4v) is 1.11. The van der Waals surface area contributed by atoms with E-state index in [9.17, 15) is 8.78 Å². The van der Waals surface area contributed by atoms with Crippen molar-refractivity contribution >= 4 is 0 Å². The van der Waals surface area contributed by atoms with Crippen molar-refractivity contribution in [2.45, 2.75) is 37.6 Å². The Morgan fingerprint density at radius 3 is 2.22 bits per heavy atom. The van der Waals surface area contributed by atoms with Crippen molar-refractivity contribution in [3.8, 4) is 0 Å². The van der Waals surface area contributed by atoms with Gasteiger partial charge in [0.1, 0.15) is 12.3 Å². The van der Waals surface area contributed by atoms with Gasteiger partial charge in [-0.2, -0.15) is 0 Å². The molecule has 2 unspecified atom stereocenters. The molecule has 54 valence electrons. The Morgan fingerprint density at radius 2 is 1.78 bits per heavy atom. The summed E-state index contributed by atoms with van der Waals surface area (Å²) >= 11 is 0. The first-order valence-electron chi connectivity index (χ1n) is 3.24. The zero-order valence-corrected chi connectivity index (χ0v) is 5.19. The average molecular weight is 135 g/mol. The summed E-state index contributed by atoms with van der Waals surface area (Å²) in [6.07, 6.45) is -1.45. The fourth-order valence-electron chi connectivity index (χ4n) is 1.11. The molecule has 0 aromatic heterocycles. The number of hydrogen-bond donors (Lipinski definition) is 1. The molecular weight excluding hydrogens is 124 g/mol. The molecule has 0 radical (unpaired) electrons. The third kappa shape index (κ3) is 1.61. The zero-order chi connectivity index (χ0) is 6.85. The molecule has 0 heterocycles. The zero-order valence-electron chi connectivity index (χ0n) is 5.19. The number of rotatable bonds is 0. The molecular formula is C6H11F2N. The first kappa shape index (κ1) is 6.93. The monoisotopic (exact) mass is 135 g/mol. The Hall–Kier alpha value is -0.180. The van der Waals surface area contributed by atoms with Crippen LogP contribution in [0.1, 0.15) is 19.3 Å². The van der Waals surface area contributed by atoms with Crippen molar-refractivity contribution in [1.29, 1.82) is 0 Å². The maximum absolute atomic E-state index is 12.4. The van der Waals surface area contributed by atoms with Crippen LogP contribution in [0.15, 0.2) is 0 Å². The first-order chi connectivity index (χ1) is 4.20. The lowest BCUT2D eigenvalue weighted by Gasteiger charge is -2.23. The number of halogens is 2. The maximum Gasteiger partial charge on any atom is 0.133 e. The third-order valence-electron chi connectivity index (χ3n) is 1.73. The summed E-state index contributed by atoms with van der Waals surface area (Å²) in [5, 5.41) is 0. The summed E-state index contributed by atoms with van der Waals surface area (Å²) in [5.74, 6) is 0. The fraction of sp³-hybridized carbons (Fsp3) is 1.00. The highest BCUT2D eigenvalue weighted by atomic mass is 19.2. The quantitative estimate of drug-likeness (QED) is 0.530. The van der Waals surface area contributed by atoms with Crippen LogP contribution in [0.5, 0.6) is 0 Å². The molecule has 0 spiro atoms. The van der Waals surface area contributed by atoms with Crippen LogP contribution in [0, 0.1) is 0 Å². The summed E-state index contributed by atoms with van der Waals surface area (Å²) in [5.41, 5.74) is 5.38. The third-order valence-corrected chi connectivity index (χ3v) is 1.73. The van der Waals surface area contributed by atoms with Crippen LogP contribution in [0.4, 0.5) is 8.78 Å². The highest BCUT2D eigenvalue weighted by molar-refractivity contribution is 4.81. The van der Waals surface area contributed by atoms with Gasteiger partial charge in [0, 0.05) is 6.04 Å². The normalized spacial score (nSPS) is 45.0. The minimum Gasteiger partial charge on any atom is -0.328 e. The van der Waals surface area contributed by atoms with Crippen molar-refractivity contribution in [2.75, 3.05) is 0 Å². The molecule has 0 aromatic carbocycles. The molecule has 0 aromatic rings. The van der Waals surface area contributed by atoms with Crippen LogP contribution < -0.4 is 5.73 Å². The van der Waals surface area contributed by atoms with E-state index < -0.39 is 12.3 Å². The van der Waals surface area contributed by atoms with Crippen molar-refractivity contribution in [3.63, 3.8) is 0 Å². The molecule has 1 rings (SSSR count). The Kier molecular flexibility index (Phi) is 2.01. The summed E-state index contributed by atoms with van der Waals surface area (Å²) < 4.78 is 24.7. The van der Waals surface area contributed by atoms with Gasteiger partial charge in [-0.15, -0.1) is 0 Å². The number of alkyl halides is 2. The van der Waals surface area contributed by atoms with Gasteiger partial charge in [0.15, 0.2) is 0 Å². The van der Waals surface area contributed by atoms with E-state index in [1.165, 1.54) is 0 Å². The Labute approximate surface area is 53.2 Å². The van der Waals surface area contributed by atoms with E-state index in [1.807, 2.05) is 0 Å². The molecule has 0 amide bonds. The van der Waals surface area contributed by atoms with Gasteiger partial charge in [0.25, 0.3) is 0 Å². The molecule has 3 atom stereocenters. The topological polar surface area (TPSA) is 26.0 Å². The van der Waals surface area contributed by atoms with E-state index in [0.29, 0.717) is 12.8 Å². The molecule has 1 saturated carbocycles. The average Bonchev–Trinajstić information content (AvgIpc) is 1.80. The molecule has 1 fully saturated rings. The smallest absolute Gasteiger partial charge is 0.133 e. The van der Waals surface area contributed by atoms with E-state index >= 15 is 0 Å². The minimum absolute atomic E-state index is 0.119. The van der Waals surface area contributed by atoms with Gasteiger partial charge in [-0.1, -0.05) is 0 Å². The van der Waals surface area contributed by atoms with Gasteiger partial charge in [-0.05, 0) is 19.3 Å². The Morgan fingerprint density at radius 1 is 1.11 bits per heavy atom. The lowest BCUT2D eigenvalue weighted by Crippen LogP contribution is -2.35. The molecule has 1 aliphatic carbocycles. The highest BCUT2D eigenvalue weighted by Crippen LogP contribution is 2.22. The molecule has 9 heavy (non-hydrogen) atoms. The van der Waals surface area contributed by atoms with Gasteiger partial charge in [-0.25, -0.2) is 8.78 Å². The summed E-state index contributed by atoms with van der Waals surface area (Å²) in [7, 11) is 0. The van der Waals surface area contributed by atoms with E-state index in [2.05, 4.69) is 0 Å². The SMILES string of the molecule is NC1CC[C@@H](F)C(F)C1.